The minimum Gasteiger partial charge on any atom is -0.398 e. The van der Waals surface area contributed by atoms with Crippen molar-refractivity contribution in [2.24, 2.45) is 0 Å². The van der Waals surface area contributed by atoms with Crippen LogP contribution in [0.1, 0.15) is 33.3 Å². The summed E-state index contributed by atoms with van der Waals surface area (Å²) in [5, 5.41) is 4.22. The Hall–Kier alpha value is -1.73. The minimum absolute atomic E-state index is 0.384. The van der Waals surface area contributed by atoms with E-state index in [1.165, 1.54) is 0 Å². The van der Waals surface area contributed by atoms with Crippen LogP contribution in [-0.2, 0) is 9.31 Å². The lowest BCUT2D eigenvalue weighted by Gasteiger charge is -2.32. The first-order chi connectivity index (χ1) is 9.78. The third-order valence-corrected chi connectivity index (χ3v) is 4.08. The SMILES string of the molecule is Cc1cnn(-c2nccc(B3OC(C)(C)C(C)(C)O3)n2)c1. The second-order valence-corrected chi connectivity index (χ2v) is 6.33. The molecule has 2 aromatic heterocycles. The van der Waals surface area contributed by atoms with Crippen LogP contribution in [0.2, 0.25) is 0 Å². The Morgan fingerprint density at radius 3 is 2.38 bits per heavy atom. The molecule has 3 rings (SSSR count). The smallest absolute Gasteiger partial charge is 0.398 e. The zero-order valence-electron chi connectivity index (χ0n) is 13.0. The molecule has 0 saturated carbocycles. The molecule has 6 nitrogen and oxygen atoms in total. The van der Waals surface area contributed by atoms with Gasteiger partial charge < -0.3 is 9.31 Å². The Bertz CT molecular complexity index is 652. The van der Waals surface area contributed by atoms with Crippen molar-refractivity contribution in [1.29, 1.82) is 0 Å². The van der Waals surface area contributed by atoms with Crippen LogP contribution >= 0.6 is 0 Å². The molecule has 110 valence electrons. The Balaban J connectivity index is 1.91. The number of hydrogen-bond acceptors (Lipinski definition) is 5. The molecule has 0 aromatic carbocycles. The van der Waals surface area contributed by atoms with Gasteiger partial charge in [-0.3, -0.25) is 0 Å². The van der Waals surface area contributed by atoms with E-state index in [4.69, 9.17) is 9.31 Å². The van der Waals surface area contributed by atoms with Gasteiger partial charge in [0.15, 0.2) is 0 Å². The van der Waals surface area contributed by atoms with E-state index >= 15 is 0 Å². The van der Waals surface area contributed by atoms with E-state index in [0.717, 1.165) is 5.56 Å². The summed E-state index contributed by atoms with van der Waals surface area (Å²) in [7, 11) is -0.492. The number of aromatic nitrogens is 4. The van der Waals surface area contributed by atoms with E-state index in [2.05, 4.69) is 15.1 Å². The van der Waals surface area contributed by atoms with Crippen molar-refractivity contribution in [2.75, 3.05) is 0 Å². The average Bonchev–Trinajstić information content (AvgIpc) is 2.92. The van der Waals surface area contributed by atoms with Crippen LogP contribution in [0.25, 0.3) is 5.95 Å². The summed E-state index contributed by atoms with van der Waals surface area (Å²) in [6.07, 6.45) is 5.34. The first-order valence-electron chi connectivity index (χ1n) is 6.99. The predicted molar refractivity (Wildman–Crippen MR) is 79.6 cm³/mol. The largest absolute Gasteiger partial charge is 0.514 e. The number of aryl methyl sites for hydroxylation is 1. The molecule has 0 atom stereocenters. The number of hydrogen-bond donors (Lipinski definition) is 0. The fraction of sp³-hybridized carbons (Fsp3) is 0.500. The summed E-state index contributed by atoms with van der Waals surface area (Å²) >= 11 is 0. The molecule has 2 aromatic rings. The molecule has 0 spiro atoms. The van der Waals surface area contributed by atoms with Gasteiger partial charge in [0.1, 0.15) is 0 Å². The van der Waals surface area contributed by atoms with Gasteiger partial charge in [-0.1, -0.05) is 0 Å². The van der Waals surface area contributed by atoms with Crippen molar-refractivity contribution in [1.82, 2.24) is 19.7 Å². The van der Waals surface area contributed by atoms with Gasteiger partial charge in [0.2, 0.25) is 5.95 Å². The minimum atomic E-state index is -0.492. The second-order valence-electron chi connectivity index (χ2n) is 6.33. The van der Waals surface area contributed by atoms with E-state index < -0.39 is 7.12 Å². The van der Waals surface area contributed by atoms with Gasteiger partial charge in [0.05, 0.1) is 23.0 Å². The summed E-state index contributed by atoms with van der Waals surface area (Å²) in [6, 6.07) is 1.81. The molecular formula is C14H19BN4O2. The molecule has 1 aliphatic heterocycles. The molecule has 7 heteroatoms. The maximum Gasteiger partial charge on any atom is 0.514 e. The maximum absolute atomic E-state index is 6.00. The molecule has 0 N–H and O–H groups in total. The van der Waals surface area contributed by atoms with Crippen molar-refractivity contribution in [3.05, 3.63) is 30.2 Å². The lowest BCUT2D eigenvalue weighted by Crippen LogP contribution is -2.41. The van der Waals surface area contributed by atoms with Gasteiger partial charge in [-0.05, 0) is 46.2 Å². The first-order valence-corrected chi connectivity index (χ1v) is 6.99. The Labute approximate surface area is 124 Å². The molecular weight excluding hydrogens is 267 g/mol. The second kappa shape index (κ2) is 4.64. The van der Waals surface area contributed by atoms with Crippen LogP contribution < -0.4 is 5.59 Å². The lowest BCUT2D eigenvalue weighted by atomic mass is 9.85. The molecule has 0 radical (unpaired) electrons. The Kier molecular flexibility index (Phi) is 3.14. The fourth-order valence-corrected chi connectivity index (χ4v) is 2.09. The van der Waals surface area contributed by atoms with Gasteiger partial charge in [-0.2, -0.15) is 5.10 Å². The van der Waals surface area contributed by atoms with Gasteiger partial charge in [-0.25, -0.2) is 14.6 Å². The molecule has 3 heterocycles. The van der Waals surface area contributed by atoms with Gasteiger partial charge >= 0.3 is 7.12 Å². The highest BCUT2D eigenvalue weighted by Gasteiger charge is 2.52. The van der Waals surface area contributed by atoms with Gasteiger partial charge in [-0.15, -0.1) is 0 Å². The summed E-state index contributed by atoms with van der Waals surface area (Å²) in [4.78, 5) is 8.75. The summed E-state index contributed by atoms with van der Waals surface area (Å²) in [6.45, 7) is 10.1. The molecule has 0 amide bonds. The zero-order chi connectivity index (χ0) is 15.3. The first kappa shape index (κ1) is 14.2. The Morgan fingerprint density at radius 2 is 1.81 bits per heavy atom. The molecule has 21 heavy (non-hydrogen) atoms. The summed E-state index contributed by atoms with van der Waals surface area (Å²) < 4.78 is 13.7. The third kappa shape index (κ3) is 2.47. The van der Waals surface area contributed by atoms with E-state index in [1.807, 2.05) is 46.9 Å². The van der Waals surface area contributed by atoms with Crippen molar-refractivity contribution in [2.45, 2.75) is 45.8 Å². The van der Waals surface area contributed by atoms with Crippen LogP contribution in [0.3, 0.4) is 0 Å². The van der Waals surface area contributed by atoms with Crippen LogP contribution in [-0.4, -0.2) is 38.1 Å². The maximum atomic E-state index is 6.00. The molecule has 1 aliphatic rings. The van der Waals surface area contributed by atoms with E-state index in [1.54, 1.807) is 17.1 Å². The van der Waals surface area contributed by atoms with Crippen LogP contribution in [0.4, 0.5) is 0 Å². The lowest BCUT2D eigenvalue weighted by molar-refractivity contribution is 0.00578. The van der Waals surface area contributed by atoms with Crippen LogP contribution in [0, 0.1) is 6.92 Å². The van der Waals surface area contributed by atoms with Crippen molar-refractivity contribution in [3.8, 4) is 5.95 Å². The Morgan fingerprint density at radius 1 is 1.14 bits per heavy atom. The van der Waals surface area contributed by atoms with Gasteiger partial charge in [0, 0.05) is 12.4 Å². The summed E-state index contributed by atoms with van der Waals surface area (Å²) in [5.74, 6) is 0.510. The van der Waals surface area contributed by atoms with E-state index in [-0.39, 0.29) is 11.2 Å². The van der Waals surface area contributed by atoms with Crippen LogP contribution in [0.5, 0.6) is 0 Å². The zero-order valence-corrected chi connectivity index (χ0v) is 13.0. The highest BCUT2D eigenvalue weighted by Crippen LogP contribution is 2.36. The topological polar surface area (TPSA) is 62.1 Å². The molecule has 0 bridgehead atoms. The highest BCUT2D eigenvalue weighted by molar-refractivity contribution is 6.61. The molecule has 0 aliphatic carbocycles. The summed E-state index contributed by atoms with van der Waals surface area (Å²) in [5.41, 5.74) is 0.988. The average molecular weight is 286 g/mol. The van der Waals surface area contributed by atoms with E-state index in [9.17, 15) is 0 Å². The molecule has 1 fully saturated rings. The fourth-order valence-electron chi connectivity index (χ4n) is 2.09. The molecule has 1 saturated heterocycles. The van der Waals surface area contributed by atoms with Crippen molar-refractivity contribution in [3.63, 3.8) is 0 Å². The monoisotopic (exact) mass is 286 g/mol. The van der Waals surface area contributed by atoms with Crippen molar-refractivity contribution >= 4 is 12.7 Å². The predicted octanol–water partition coefficient (Wildman–Crippen LogP) is 1.27. The quantitative estimate of drug-likeness (QED) is 0.778. The highest BCUT2D eigenvalue weighted by atomic mass is 16.7. The normalized spacial score (nSPS) is 20.0. The third-order valence-electron chi connectivity index (χ3n) is 4.08. The standard InChI is InChI=1S/C14H19BN4O2/c1-10-8-17-19(9-10)12-16-7-6-11(18-12)15-20-13(2,3)14(4,5)21-15/h6-9H,1-5H3. The number of nitrogens with zero attached hydrogens (tertiary/aromatic N) is 4. The molecule has 0 unspecified atom stereocenters. The van der Waals surface area contributed by atoms with Crippen molar-refractivity contribution < 1.29 is 9.31 Å². The van der Waals surface area contributed by atoms with E-state index in [0.29, 0.717) is 11.5 Å². The number of rotatable bonds is 2. The van der Waals surface area contributed by atoms with Gasteiger partial charge in [0.25, 0.3) is 0 Å². The van der Waals surface area contributed by atoms with Crippen LogP contribution in [0.15, 0.2) is 24.7 Å².